The number of nitrogens with zero attached hydrogens (tertiary/aromatic N) is 1. The highest BCUT2D eigenvalue weighted by Crippen LogP contribution is 2.22. The number of carbonyl (C=O) groups excluding carboxylic acids is 1. The summed E-state index contributed by atoms with van der Waals surface area (Å²) in [5.74, 6) is 0.498. The minimum atomic E-state index is -0.275. The first-order valence-corrected chi connectivity index (χ1v) is 8.59. The third-order valence-electron chi connectivity index (χ3n) is 3.74. The van der Waals surface area contributed by atoms with E-state index in [9.17, 15) is 4.79 Å². The van der Waals surface area contributed by atoms with Crippen molar-refractivity contribution in [2.75, 3.05) is 7.11 Å². The van der Waals surface area contributed by atoms with Crippen LogP contribution in [0.1, 0.15) is 42.3 Å². The Hall–Kier alpha value is -2.73. The summed E-state index contributed by atoms with van der Waals surface area (Å²) in [4.78, 5) is 12.2. The summed E-state index contributed by atoms with van der Waals surface area (Å²) in [5, 5.41) is 6.76. The normalized spacial score (nSPS) is 11.2. The molecule has 0 radical (unpaired) electrons. The van der Waals surface area contributed by atoms with Crippen LogP contribution in [0, 0.1) is 0 Å². The minimum absolute atomic E-state index is 0.0437. The fraction of sp³-hybridized carbons (Fsp3) is 0.250. The average Bonchev–Trinajstić information content (AvgIpc) is 2.61. The number of nitrogens with one attached hydrogen (secondary N) is 2. The number of ether oxygens (including phenoxy) is 1. The molecule has 0 saturated carbocycles. The second kappa shape index (κ2) is 8.58. The number of hydrogen-bond acceptors (Lipinski definition) is 4. The average molecular weight is 369 g/mol. The van der Waals surface area contributed by atoms with Crippen molar-refractivity contribution >= 4 is 29.5 Å². The van der Waals surface area contributed by atoms with Crippen LogP contribution in [0.3, 0.4) is 0 Å². The summed E-state index contributed by atoms with van der Waals surface area (Å²) in [6.45, 7) is 6.38. The molecule has 0 spiro atoms. The molecule has 2 aromatic carbocycles. The van der Waals surface area contributed by atoms with E-state index in [1.54, 1.807) is 25.5 Å². The second-order valence-corrected chi connectivity index (χ2v) is 7.16. The van der Waals surface area contributed by atoms with E-state index in [-0.39, 0.29) is 16.4 Å². The van der Waals surface area contributed by atoms with Crippen molar-refractivity contribution in [2.24, 2.45) is 5.10 Å². The molecule has 2 aromatic rings. The van der Waals surface area contributed by atoms with Gasteiger partial charge in [-0.2, -0.15) is 5.10 Å². The number of methoxy groups -OCH3 is 1. The Morgan fingerprint density at radius 2 is 1.69 bits per heavy atom. The van der Waals surface area contributed by atoms with Gasteiger partial charge in [-0.3, -0.25) is 15.5 Å². The quantitative estimate of drug-likeness (QED) is 0.491. The van der Waals surface area contributed by atoms with E-state index in [1.807, 2.05) is 36.4 Å². The Kier molecular flexibility index (Phi) is 6.46. The first-order valence-electron chi connectivity index (χ1n) is 8.18. The molecule has 0 unspecified atom stereocenters. The standard InChI is InChI=1S/C20H23N3O2S/c1-20(2,3)16-9-7-15(8-10-16)18(24)22-19(26)23-21-13-14-5-11-17(25-4)12-6-14/h5-13H,1-4H3,(H2,22,23,24,26). The van der Waals surface area contributed by atoms with E-state index in [2.05, 4.69) is 36.6 Å². The van der Waals surface area contributed by atoms with Crippen LogP contribution in [0.15, 0.2) is 53.6 Å². The lowest BCUT2D eigenvalue weighted by Crippen LogP contribution is -2.36. The summed E-state index contributed by atoms with van der Waals surface area (Å²) < 4.78 is 5.10. The zero-order valence-corrected chi connectivity index (χ0v) is 16.2. The SMILES string of the molecule is COc1ccc(C=NNC(=S)NC(=O)c2ccc(C(C)(C)C)cc2)cc1. The third-order valence-corrected chi connectivity index (χ3v) is 3.93. The van der Waals surface area contributed by atoms with Gasteiger partial charge in [0.25, 0.3) is 5.91 Å². The van der Waals surface area contributed by atoms with E-state index < -0.39 is 0 Å². The molecule has 0 bridgehead atoms. The lowest BCUT2D eigenvalue weighted by Gasteiger charge is -2.19. The van der Waals surface area contributed by atoms with Crippen LogP contribution >= 0.6 is 12.2 Å². The zero-order chi connectivity index (χ0) is 19.2. The highest BCUT2D eigenvalue weighted by atomic mass is 32.1. The Morgan fingerprint density at radius 3 is 2.23 bits per heavy atom. The summed E-state index contributed by atoms with van der Waals surface area (Å²) in [6, 6.07) is 14.9. The number of rotatable bonds is 4. The lowest BCUT2D eigenvalue weighted by molar-refractivity contribution is 0.0976. The Morgan fingerprint density at radius 1 is 1.08 bits per heavy atom. The Bertz CT molecular complexity index is 791. The van der Waals surface area contributed by atoms with Gasteiger partial charge in [-0.1, -0.05) is 32.9 Å². The van der Waals surface area contributed by atoms with Crippen LogP contribution in [0.25, 0.3) is 0 Å². The molecule has 6 heteroatoms. The molecule has 0 heterocycles. The molecule has 1 amide bonds. The van der Waals surface area contributed by atoms with E-state index in [1.165, 1.54) is 5.56 Å². The summed E-state index contributed by atoms with van der Waals surface area (Å²) >= 11 is 5.09. The number of thiocarbonyl (C=S) groups is 1. The number of hydrazone groups is 1. The van der Waals surface area contributed by atoms with Crippen LogP contribution in [0.2, 0.25) is 0 Å². The first-order chi connectivity index (χ1) is 12.3. The summed E-state index contributed by atoms with van der Waals surface area (Å²) in [6.07, 6.45) is 1.61. The maximum Gasteiger partial charge on any atom is 0.257 e. The van der Waals surface area contributed by atoms with Crippen molar-refractivity contribution in [2.45, 2.75) is 26.2 Å². The molecule has 136 valence electrons. The summed E-state index contributed by atoms with van der Waals surface area (Å²) in [5.41, 5.74) is 5.27. The highest BCUT2D eigenvalue weighted by molar-refractivity contribution is 7.80. The number of carbonyl (C=O) groups is 1. The van der Waals surface area contributed by atoms with Crippen molar-refractivity contribution in [3.8, 4) is 5.75 Å². The minimum Gasteiger partial charge on any atom is -0.497 e. The van der Waals surface area contributed by atoms with Crippen LogP contribution in [-0.2, 0) is 5.41 Å². The maximum absolute atomic E-state index is 12.2. The van der Waals surface area contributed by atoms with Crippen molar-refractivity contribution in [3.63, 3.8) is 0 Å². The molecule has 0 saturated heterocycles. The molecular weight excluding hydrogens is 346 g/mol. The van der Waals surface area contributed by atoms with Gasteiger partial charge < -0.3 is 4.74 Å². The molecule has 0 fully saturated rings. The Balaban J connectivity index is 1.88. The van der Waals surface area contributed by atoms with Gasteiger partial charge in [0.2, 0.25) is 0 Å². The molecule has 26 heavy (non-hydrogen) atoms. The fourth-order valence-electron chi connectivity index (χ4n) is 2.18. The van der Waals surface area contributed by atoms with Gasteiger partial charge in [-0.25, -0.2) is 0 Å². The molecule has 0 aliphatic carbocycles. The van der Waals surface area contributed by atoms with Gasteiger partial charge in [-0.05, 0) is 65.2 Å². The number of hydrogen-bond donors (Lipinski definition) is 2. The highest BCUT2D eigenvalue weighted by Gasteiger charge is 2.14. The second-order valence-electron chi connectivity index (χ2n) is 6.75. The number of amides is 1. The molecule has 5 nitrogen and oxygen atoms in total. The summed E-state index contributed by atoms with van der Waals surface area (Å²) in [7, 11) is 1.61. The maximum atomic E-state index is 12.2. The van der Waals surface area contributed by atoms with Crippen LogP contribution in [-0.4, -0.2) is 24.3 Å². The molecule has 2 N–H and O–H groups in total. The van der Waals surface area contributed by atoms with Crippen molar-refractivity contribution in [1.29, 1.82) is 0 Å². The third kappa shape index (κ3) is 5.67. The van der Waals surface area contributed by atoms with Crippen LogP contribution < -0.4 is 15.5 Å². The molecule has 0 aliphatic rings. The van der Waals surface area contributed by atoms with E-state index in [4.69, 9.17) is 17.0 Å². The Labute approximate surface area is 159 Å². The number of benzene rings is 2. The van der Waals surface area contributed by atoms with E-state index in [0.717, 1.165) is 11.3 Å². The van der Waals surface area contributed by atoms with E-state index in [0.29, 0.717) is 5.56 Å². The molecule has 0 aliphatic heterocycles. The fourth-order valence-corrected chi connectivity index (χ4v) is 2.33. The van der Waals surface area contributed by atoms with Gasteiger partial charge in [0.1, 0.15) is 5.75 Å². The largest absolute Gasteiger partial charge is 0.497 e. The molecule has 0 aromatic heterocycles. The molecule has 2 rings (SSSR count). The topological polar surface area (TPSA) is 62.7 Å². The molecule has 0 atom stereocenters. The lowest BCUT2D eigenvalue weighted by atomic mass is 9.87. The van der Waals surface area contributed by atoms with Crippen molar-refractivity contribution in [3.05, 3.63) is 65.2 Å². The van der Waals surface area contributed by atoms with Gasteiger partial charge in [0.15, 0.2) is 5.11 Å². The predicted octanol–water partition coefficient (Wildman–Crippen LogP) is 3.63. The van der Waals surface area contributed by atoms with Gasteiger partial charge in [-0.15, -0.1) is 0 Å². The molecular formula is C20H23N3O2S. The van der Waals surface area contributed by atoms with Gasteiger partial charge >= 0.3 is 0 Å². The van der Waals surface area contributed by atoms with Gasteiger partial charge in [0.05, 0.1) is 13.3 Å². The zero-order valence-electron chi connectivity index (χ0n) is 15.4. The smallest absolute Gasteiger partial charge is 0.257 e. The predicted molar refractivity (Wildman–Crippen MR) is 109 cm³/mol. The van der Waals surface area contributed by atoms with Crippen LogP contribution in [0.5, 0.6) is 5.75 Å². The van der Waals surface area contributed by atoms with Crippen molar-refractivity contribution < 1.29 is 9.53 Å². The van der Waals surface area contributed by atoms with Gasteiger partial charge in [0, 0.05) is 5.56 Å². The van der Waals surface area contributed by atoms with E-state index >= 15 is 0 Å². The van der Waals surface area contributed by atoms with Crippen LogP contribution in [0.4, 0.5) is 0 Å². The first kappa shape index (κ1) is 19.6. The van der Waals surface area contributed by atoms with Crippen molar-refractivity contribution in [1.82, 2.24) is 10.7 Å². The monoisotopic (exact) mass is 369 g/mol.